The van der Waals surface area contributed by atoms with E-state index in [-0.39, 0.29) is 24.0 Å². The van der Waals surface area contributed by atoms with E-state index in [0.717, 1.165) is 58.4 Å². The molecule has 2 aromatic rings. The van der Waals surface area contributed by atoms with Crippen molar-refractivity contribution in [3.05, 3.63) is 57.8 Å². The molecule has 1 aromatic carbocycles. The van der Waals surface area contributed by atoms with Crippen molar-refractivity contribution in [2.45, 2.75) is 26.1 Å². The molecule has 1 saturated heterocycles. The topological polar surface area (TPSA) is 52.1 Å². The molecule has 0 saturated carbocycles. The molecule has 0 spiro atoms. The molecule has 2 N–H and O–H groups in total. The predicted molar refractivity (Wildman–Crippen MR) is 142 cm³/mol. The van der Waals surface area contributed by atoms with Crippen LogP contribution in [-0.4, -0.2) is 69.2 Å². The van der Waals surface area contributed by atoms with E-state index in [2.05, 4.69) is 81.2 Å². The van der Waals surface area contributed by atoms with Crippen LogP contribution >= 0.6 is 35.3 Å². The van der Waals surface area contributed by atoms with E-state index in [1.54, 1.807) is 0 Å². The Labute approximate surface area is 208 Å². The third-order valence-corrected chi connectivity index (χ3v) is 6.46. The number of guanidine groups is 1. The van der Waals surface area contributed by atoms with Crippen molar-refractivity contribution in [2.75, 3.05) is 53.5 Å². The lowest BCUT2D eigenvalue weighted by Gasteiger charge is -2.34. The average molecular weight is 558 g/mol. The molecule has 1 fully saturated rings. The fourth-order valence-corrected chi connectivity index (χ4v) is 4.50. The van der Waals surface area contributed by atoms with E-state index in [1.807, 2.05) is 18.4 Å². The molecular weight excluding hydrogens is 521 g/mol. The lowest BCUT2D eigenvalue weighted by atomic mass is 10.1. The van der Waals surface area contributed by atoms with E-state index in [4.69, 9.17) is 4.74 Å². The molecule has 1 atom stereocenters. The number of ether oxygens (including phenoxy) is 1. The third kappa shape index (κ3) is 8.34. The summed E-state index contributed by atoms with van der Waals surface area (Å²) in [6, 6.07) is 13.5. The fraction of sp³-hybridized carbons (Fsp3) is 0.522. The maximum absolute atomic E-state index is 5.54. The van der Waals surface area contributed by atoms with E-state index in [0.29, 0.717) is 6.04 Å². The first-order valence-electron chi connectivity index (χ1n) is 10.8. The SMILES string of the molecule is CCN(C)Cc1cccc(CNC(=NC)NCC(c2cccs2)N2CCOCC2)c1.I. The zero-order chi connectivity index (χ0) is 21.2. The van der Waals surface area contributed by atoms with Crippen LogP contribution in [0.25, 0.3) is 0 Å². The highest BCUT2D eigenvalue weighted by atomic mass is 127. The zero-order valence-corrected chi connectivity index (χ0v) is 22.0. The van der Waals surface area contributed by atoms with Crippen LogP contribution in [0.15, 0.2) is 46.8 Å². The fourth-order valence-electron chi connectivity index (χ4n) is 3.64. The molecule has 0 amide bonds. The molecule has 1 aromatic heterocycles. The Morgan fingerprint density at radius 3 is 2.65 bits per heavy atom. The molecule has 1 aliphatic rings. The van der Waals surface area contributed by atoms with Crippen LogP contribution in [0.1, 0.15) is 29.0 Å². The minimum Gasteiger partial charge on any atom is -0.379 e. The van der Waals surface area contributed by atoms with Crippen molar-refractivity contribution in [3.8, 4) is 0 Å². The molecule has 6 nitrogen and oxygen atoms in total. The number of aliphatic imine (C=N–C) groups is 1. The summed E-state index contributed by atoms with van der Waals surface area (Å²) in [4.78, 5) is 10.6. The second kappa shape index (κ2) is 14.1. The van der Waals surface area contributed by atoms with Gasteiger partial charge in [-0.1, -0.05) is 37.3 Å². The van der Waals surface area contributed by atoms with Crippen LogP contribution in [0.2, 0.25) is 0 Å². The highest BCUT2D eigenvalue weighted by Gasteiger charge is 2.23. The van der Waals surface area contributed by atoms with Gasteiger partial charge in [0.05, 0.1) is 19.3 Å². The van der Waals surface area contributed by atoms with Crippen molar-refractivity contribution in [3.63, 3.8) is 0 Å². The first-order chi connectivity index (χ1) is 14.7. The summed E-state index contributed by atoms with van der Waals surface area (Å²) >= 11 is 1.82. The number of thiophene rings is 1. The van der Waals surface area contributed by atoms with Crippen molar-refractivity contribution in [1.82, 2.24) is 20.4 Å². The molecular formula is C23H36IN5OS. The average Bonchev–Trinajstić information content (AvgIpc) is 3.31. The smallest absolute Gasteiger partial charge is 0.191 e. The van der Waals surface area contributed by atoms with Crippen molar-refractivity contribution in [2.24, 2.45) is 4.99 Å². The lowest BCUT2D eigenvalue weighted by molar-refractivity contribution is 0.0177. The normalized spacial score (nSPS) is 16.1. The number of hydrogen-bond donors (Lipinski definition) is 2. The van der Waals surface area contributed by atoms with Crippen LogP contribution in [0.3, 0.4) is 0 Å². The quantitative estimate of drug-likeness (QED) is 0.281. The Bertz CT molecular complexity index is 780. The summed E-state index contributed by atoms with van der Waals surface area (Å²) in [6.07, 6.45) is 0. The second-order valence-corrected chi connectivity index (χ2v) is 8.62. The van der Waals surface area contributed by atoms with Crippen LogP contribution in [-0.2, 0) is 17.8 Å². The number of morpholine rings is 1. The molecule has 3 rings (SSSR count). The Hall–Kier alpha value is -1.20. The molecule has 31 heavy (non-hydrogen) atoms. The van der Waals surface area contributed by atoms with Gasteiger partial charge in [-0.05, 0) is 36.2 Å². The number of benzene rings is 1. The monoisotopic (exact) mass is 557 g/mol. The Kier molecular flexibility index (Phi) is 11.8. The summed E-state index contributed by atoms with van der Waals surface area (Å²) in [5, 5.41) is 9.16. The van der Waals surface area contributed by atoms with Gasteiger partial charge in [0.25, 0.3) is 0 Å². The maximum Gasteiger partial charge on any atom is 0.191 e. The summed E-state index contributed by atoms with van der Waals surface area (Å²) in [7, 11) is 3.98. The number of rotatable bonds is 9. The molecule has 1 aliphatic heterocycles. The molecule has 0 aliphatic carbocycles. The van der Waals surface area contributed by atoms with E-state index in [1.165, 1.54) is 16.0 Å². The van der Waals surface area contributed by atoms with Gasteiger partial charge < -0.3 is 20.3 Å². The number of nitrogens with zero attached hydrogens (tertiary/aromatic N) is 3. The van der Waals surface area contributed by atoms with Gasteiger partial charge in [-0.3, -0.25) is 9.89 Å². The summed E-state index contributed by atoms with van der Waals surface area (Å²) in [5.41, 5.74) is 2.61. The van der Waals surface area contributed by atoms with Gasteiger partial charge in [-0.25, -0.2) is 0 Å². The van der Waals surface area contributed by atoms with E-state index < -0.39 is 0 Å². The standard InChI is InChI=1S/C23H35N5OS.HI/c1-4-27(3)18-20-8-5-7-19(15-20)16-25-23(24-2)26-17-21(22-9-6-14-30-22)28-10-12-29-13-11-28;/h5-9,14-15,21H,4,10-13,16-18H2,1-3H3,(H2,24,25,26);1H. The van der Waals surface area contributed by atoms with Crippen molar-refractivity contribution in [1.29, 1.82) is 0 Å². The minimum absolute atomic E-state index is 0. The van der Waals surface area contributed by atoms with Gasteiger partial charge in [-0.15, -0.1) is 35.3 Å². The first kappa shape index (κ1) is 26.1. The molecule has 172 valence electrons. The van der Waals surface area contributed by atoms with Gasteiger partial charge in [0, 0.05) is 44.6 Å². The van der Waals surface area contributed by atoms with Gasteiger partial charge in [0.1, 0.15) is 0 Å². The lowest BCUT2D eigenvalue weighted by Crippen LogP contribution is -2.46. The minimum atomic E-state index is 0. The third-order valence-electron chi connectivity index (χ3n) is 5.49. The Morgan fingerprint density at radius 2 is 1.97 bits per heavy atom. The van der Waals surface area contributed by atoms with Crippen LogP contribution in [0.4, 0.5) is 0 Å². The molecule has 0 bridgehead atoms. The Morgan fingerprint density at radius 1 is 1.19 bits per heavy atom. The van der Waals surface area contributed by atoms with Crippen molar-refractivity contribution >= 4 is 41.3 Å². The maximum atomic E-state index is 5.54. The highest BCUT2D eigenvalue weighted by Crippen LogP contribution is 2.25. The van der Waals surface area contributed by atoms with Gasteiger partial charge in [-0.2, -0.15) is 0 Å². The van der Waals surface area contributed by atoms with Crippen LogP contribution in [0, 0.1) is 0 Å². The number of hydrogen-bond acceptors (Lipinski definition) is 5. The van der Waals surface area contributed by atoms with Crippen LogP contribution < -0.4 is 10.6 Å². The number of nitrogens with one attached hydrogen (secondary N) is 2. The molecule has 2 heterocycles. The largest absolute Gasteiger partial charge is 0.379 e. The first-order valence-corrected chi connectivity index (χ1v) is 11.6. The van der Waals surface area contributed by atoms with Crippen molar-refractivity contribution < 1.29 is 4.74 Å². The van der Waals surface area contributed by atoms with Crippen LogP contribution in [0.5, 0.6) is 0 Å². The predicted octanol–water partition coefficient (Wildman–Crippen LogP) is 3.56. The van der Waals surface area contributed by atoms with E-state index >= 15 is 0 Å². The highest BCUT2D eigenvalue weighted by molar-refractivity contribution is 14.0. The second-order valence-electron chi connectivity index (χ2n) is 7.64. The summed E-state index contributed by atoms with van der Waals surface area (Å²) < 4.78 is 5.54. The number of halogens is 1. The molecule has 8 heteroatoms. The zero-order valence-electron chi connectivity index (χ0n) is 18.8. The molecule has 1 unspecified atom stereocenters. The van der Waals surface area contributed by atoms with Gasteiger partial charge in [0.2, 0.25) is 0 Å². The van der Waals surface area contributed by atoms with Gasteiger partial charge in [0.15, 0.2) is 5.96 Å². The molecule has 0 radical (unpaired) electrons. The van der Waals surface area contributed by atoms with E-state index in [9.17, 15) is 0 Å². The van der Waals surface area contributed by atoms with Gasteiger partial charge >= 0.3 is 0 Å². The summed E-state index contributed by atoms with van der Waals surface area (Å²) in [6.45, 7) is 9.32. The summed E-state index contributed by atoms with van der Waals surface area (Å²) in [5.74, 6) is 0.834. The Balaban J connectivity index is 0.00000341.